The van der Waals surface area contributed by atoms with Crippen molar-refractivity contribution < 1.29 is 4.79 Å². The van der Waals surface area contributed by atoms with Crippen LogP contribution in [0.3, 0.4) is 0 Å². The summed E-state index contributed by atoms with van der Waals surface area (Å²) >= 11 is 5.22. The molecule has 0 N–H and O–H groups in total. The van der Waals surface area contributed by atoms with Crippen molar-refractivity contribution in [2.45, 2.75) is 40.2 Å². The zero-order chi connectivity index (χ0) is 12.8. The Morgan fingerprint density at radius 3 is 2.76 bits per heavy atom. The monoisotopic (exact) mass is 318 g/mol. The van der Waals surface area contributed by atoms with Crippen LogP contribution in [-0.2, 0) is 17.8 Å². The first kappa shape index (κ1) is 14.8. The number of halogens is 1. The topological polar surface area (TPSA) is 34.9 Å². The highest BCUT2D eigenvalue weighted by Gasteiger charge is 2.15. The second kappa shape index (κ2) is 7.21. The maximum atomic E-state index is 11.8. The van der Waals surface area contributed by atoms with Gasteiger partial charge in [0.1, 0.15) is 5.78 Å². The summed E-state index contributed by atoms with van der Waals surface area (Å²) in [6, 6.07) is 0. The number of Topliss-reactive ketones (excluding diaryl/α,β-unsaturated/α-hetero) is 1. The van der Waals surface area contributed by atoms with E-state index in [9.17, 15) is 4.79 Å². The molecule has 0 saturated carbocycles. The molecule has 0 aliphatic heterocycles. The molecular weight excluding hydrogens is 300 g/mol. The van der Waals surface area contributed by atoms with Crippen LogP contribution in [0.25, 0.3) is 0 Å². The number of rotatable bonds is 7. The van der Waals surface area contributed by atoms with Crippen LogP contribution in [-0.4, -0.2) is 27.1 Å². The SMILES string of the molecule is CCCSCC(=O)Cc1c(Br)c(C)nn1CC. The summed E-state index contributed by atoms with van der Waals surface area (Å²) in [7, 11) is 0. The van der Waals surface area contributed by atoms with Crippen LogP contribution in [0.2, 0.25) is 0 Å². The van der Waals surface area contributed by atoms with E-state index >= 15 is 0 Å². The van der Waals surface area contributed by atoms with Crippen LogP contribution in [0.4, 0.5) is 0 Å². The van der Waals surface area contributed by atoms with Gasteiger partial charge in [-0.25, -0.2) is 0 Å². The van der Waals surface area contributed by atoms with E-state index in [4.69, 9.17) is 0 Å². The summed E-state index contributed by atoms with van der Waals surface area (Å²) in [5.41, 5.74) is 1.96. The van der Waals surface area contributed by atoms with E-state index in [1.54, 1.807) is 11.8 Å². The lowest BCUT2D eigenvalue weighted by atomic mass is 10.2. The molecule has 0 bridgehead atoms. The van der Waals surface area contributed by atoms with Crippen LogP contribution >= 0.6 is 27.7 Å². The van der Waals surface area contributed by atoms with Gasteiger partial charge in [0.2, 0.25) is 0 Å². The van der Waals surface area contributed by atoms with Crippen LogP contribution in [0.1, 0.15) is 31.7 Å². The van der Waals surface area contributed by atoms with Crippen molar-refractivity contribution >= 4 is 33.5 Å². The Morgan fingerprint density at radius 1 is 1.47 bits per heavy atom. The third kappa shape index (κ3) is 4.14. The molecule has 0 aliphatic rings. The van der Waals surface area contributed by atoms with Gasteiger partial charge in [0.15, 0.2) is 0 Å². The van der Waals surface area contributed by atoms with Gasteiger partial charge in [-0.1, -0.05) is 6.92 Å². The second-order valence-corrected chi connectivity index (χ2v) is 5.83. The third-order valence-electron chi connectivity index (χ3n) is 2.43. The van der Waals surface area contributed by atoms with E-state index in [1.807, 2.05) is 18.5 Å². The van der Waals surface area contributed by atoms with Gasteiger partial charge >= 0.3 is 0 Å². The van der Waals surface area contributed by atoms with Crippen molar-refractivity contribution in [1.29, 1.82) is 0 Å². The zero-order valence-electron chi connectivity index (χ0n) is 10.6. The van der Waals surface area contributed by atoms with E-state index < -0.39 is 0 Å². The Morgan fingerprint density at radius 2 is 2.18 bits per heavy atom. The van der Waals surface area contributed by atoms with E-state index in [2.05, 4.69) is 28.0 Å². The molecule has 0 unspecified atom stereocenters. The number of aryl methyl sites for hydroxylation is 2. The third-order valence-corrected chi connectivity index (χ3v) is 4.68. The first-order chi connectivity index (χ1) is 8.10. The Labute approximate surface area is 115 Å². The van der Waals surface area contributed by atoms with Crippen molar-refractivity contribution in [3.8, 4) is 0 Å². The van der Waals surface area contributed by atoms with Gasteiger partial charge in [0.25, 0.3) is 0 Å². The average Bonchev–Trinajstić information content (AvgIpc) is 2.57. The predicted molar refractivity (Wildman–Crippen MR) is 76.7 cm³/mol. The van der Waals surface area contributed by atoms with E-state index in [0.717, 1.165) is 34.6 Å². The van der Waals surface area contributed by atoms with Gasteiger partial charge in [-0.2, -0.15) is 16.9 Å². The standard InChI is InChI=1S/C12H19BrN2OS/c1-4-6-17-8-10(16)7-11-12(13)9(3)14-15(11)5-2/h4-8H2,1-3H3. The number of ketones is 1. The Hall–Kier alpha value is -0.290. The Balaban J connectivity index is 2.64. The molecule has 96 valence electrons. The minimum Gasteiger partial charge on any atom is -0.298 e. The summed E-state index contributed by atoms with van der Waals surface area (Å²) in [5, 5.41) is 4.39. The summed E-state index contributed by atoms with van der Waals surface area (Å²) in [6.45, 7) is 6.93. The van der Waals surface area contributed by atoms with E-state index in [1.165, 1.54) is 0 Å². The molecule has 0 fully saturated rings. The fraction of sp³-hybridized carbons (Fsp3) is 0.667. The maximum Gasteiger partial charge on any atom is 0.148 e. The number of nitrogens with zero attached hydrogens (tertiary/aromatic N) is 2. The van der Waals surface area contributed by atoms with Crippen molar-refractivity contribution in [3.63, 3.8) is 0 Å². The number of thioether (sulfide) groups is 1. The highest BCUT2D eigenvalue weighted by molar-refractivity contribution is 9.10. The lowest BCUT2D eigenvalue weighted by molar-refractivity contribution is -0.116. The fourth-order valence-corrected chi connectivity index (χ4v) is 2.79. The molecule has 1 heterocycles. The molecule has 0 amide bonds. The first-order valence-corrected chi connectivity index (χ1v) is 7.86. The highest BCUT2D eigenvalue weighted by atomic mass is 79.9. The molecule has 0 aliphatic carbocycles. The van der Waals surface area contributed by atoms with Gasteiger partial charge in [-0.15, -0.1) is 0 Å². The van der Waals surface area contributed by atoms with Gasteiger partial charge in [-0.05, 0) is 42.0 Å². The summed E-state index contributed by atoms with van der Waals surface area (Å²) in [6.07, 6.45) is 1.60. The fourth-order valence-electron chi connectivity index (χ4n) is 1.61. The maximum absolute atomic E-state index is 11.8. The van der Waals surface area contributed by atoms with Crippen LogP contribution in [0.15, 0.2) is 4.47 Å². The van der Waals surface area contributed by atoms with Gasteiger partial charge in [-0.3, -0.25) is 9.48 Å². The minimum absolute atomic E-state index is 0.277. The number of hydrogen-bond donors (Lipinski definition) is 0. The minimum atomic E-state index is 0.277. The van der Waals surface area contributed by atoms with E-state index in [0.29, 0.717) is 12.2 Å². The zero-order valence-corrected chi connectivity index (χ0v) is 13.0. The number of aromatic nitrogens is 2. The number of carbonyl (C=O) groups excluding carboxylic acids is 1. The Bertz CT molecular complexity index is 390. The molecule has 3 nitrogen and oxygen atoms in total. The quantitative estimate of drug-likeness (QED) is 0.724. The lowest BCUT2D eigenvalue weighted by Gasteiger charge is -2.04. The molecule has 1 rings (SSSR count). The molecule has 0 radical (unpaired) electrons. The summed E-state index contributed by atoms with van der Waals surface area (Å²) in [4.78, 5) is 11.8. The van der Waals surface area contributed by atoms with Crippen molar-refractivity contribution in [2.75, 3.05) is 11.5 Å². The van der Waals surface area contributed by atoms with Gasteiger partial charge in [0, 0.05) is 6.54 Å². The smallest absolute Gasteiger partial charge is 0.148 e. The van der Waals surface area contributed by atoms with E-state index in [-0.39, 0.29) is 5.78 Å². The predicted octanol–water partition coefficient (Wildman–Crippen LogP) is 3.23. The van der Waals surface area contributed by atoms with Crippen molar-refractivity contribution in [3.05, 3.63) is 15.9 Å². The molecule has 1 aromatic heterocycles. The van der Waals surface area contributed by atoms with Gasteiger partial charge in [0.05, 0.1) is 28.0 Å². The van der Waals surface area contributed by atoms with Crippen molar-refractivity contribution in [2.24, 2.45) is 0 Å². The lowest BCUT2D eigenvalue weighted by Crippen LogP contribution is -2.11. The normalized spacial score (nSPS) is 10.8. The van der Waals surface area contributed by atoms with Crippen molar-refractivity contribution in [1.82, 2.24) is 9.78 Å². The molecule has 0 atom stereocenters. The molecule has 0 saturated heterocycles. The summed E-state index contributed by atoms with van der Waals surface area (Å²) < 4.78 is 2.88. The molecule has 5 heteroatoms. The molecule has 1 aromatic rings. The number of carbonyl (C=O) groups is 1. The second-order valence-electron chi connectivity index (χ2n) is 3.93. The molecule has 0 aromatic carbocycles. The van der Waals surface area contributed by atoms with Gasteiger partial charge < -0.3 is 0 Å². The molecule has 17 heavy (non-hydrogen) atoms. The number of hydrogen-bond acceptors (Lipinski definition) is 3. The van der Waals surface area contributed by atoms with Crippen LogP contribution < -0.4 is 0 Å². The summed E-state index contributed by atoms with van der Waals surface area (Å²) in [5.74, 6) is 1.94. The Kier molecular flexibility index (Phi) is 6.27. The first-order valence-electron chi connectivity index (χ1n) is 5.91. The molecule has 0 spiro atoms. The van der Waals surface area contributed by atoms with Crippen LogP contribution in [0.5, 0.6) is 0 Å². The largest absolute Gasteiger partial charge is 0.298 e. The highest BCUT2D eigenvalue weighted by Crippen LogP contribution is 2.22. The van der Waals surface area contributed by atoms with Crippen LogP contribution in [0, 0.1) is 6.92 Å². The average molecular weight is 319 g/mol. The molecular formula is C12H19BrN2OS.